The molecule has 0 aromatic carbocycles. The molecule has 0 saturated carbocycles. The second kappa shape index (κ2) is 3.73. The summed E-state index contributed by atoms with van der Waals surface area (Å²) in [6, 6.07) is 0.218. The van der Waals surface area contributed by atoms with Gasteiger partial charge in [-0.15, -0.1) is 5.10 Å². The lowest BCUT2D eigenvalue weighted by Crippen LogP contribution is -2.29. The van der Waals surface area contributed by atoms with E-state index in [1.165, 1.54) is 0 Å². The van der Waals surface area contributed by atoms with Gasteiger partial charge in [-0.1, -0.05) is 6.92 Å². The Morgan fingerprint density at radius 1 is 1.20 bits per heavy atom. The van der Waals surface area contributed by atoms with Gasteiger partial charge >= 0.3 is 0 Å². The molecule has 15 heavy (non-hydrogen) atoms. The van der Waals surface area contributed by atoms with Crippen LogP contribution in [0.4, 0.5) is 5.95 Å². The van der Waals surface area contributed by atoms with Crippen molar-refractivity contribution in [1.29, 1.82) is 0 Å². The quantitative estimate of drug-likeness (QED) is 0.716. The molecule has 2 heterocycles. The average molecular weight is 207 g/mol. The number of nitrogens with two attached hydrogens (primary N) is 1. The van der Waals surface area contributed by atoms with Crippen molar-refractivity contribution in [2.24, 2.45) is 11.7 Å². The van der Waals surface area contributed by atoms with Crippen LogP contribution in [0.25, 0.3) is 0 Å². The van der Waals surface area contributed by atoms with E-state index in [-0.39, 0.29) is 6.04 Å². The Kier molecular flexibility index (Phi) is 2.56. The van der Waals surface area contributed by atoms with Gasteiger partial charge in [0, 0.05) is 19.1 Å². The van der Waals surface area contributed by atoms with Gasteiger partial charge < -0.3 is 10.6 Å². The van der Waals surface area contributed by atoms with Crippen LogP contribution in [0.2, 0.25) is 0 Å². The molecule has 1 aromatic heterocycles. The summed E-state index contributed by atoms with van der Waals surface area (Å²) < 4.78 is 0. The third-order valence-electron chi connectivity index (χ3n) is 3.03. The maximum atomic E-state index is 5.96. The smallest absolute Gasteiger partial charge is 0.245 e. The molecule has 2 N–H and O–H groups in total. The van der Waals surface area contributed by atoms with E-state index in [0.29, 0.717) is 11.9 Å². The van der Waals surface area contributed by atoms with Gasteiger partial charge in [-0.25, -0.2) is 4.98 Å². The van der Waals surface area contributed by atoms with Crippen LogP contribution < -0.4 is 10.6 Å². The highest BCUT2D eigenvalue weighted by molar-refractivity contribution is 5.32. The molecule has 82 valence electrons. The molecule has 1 aliphatic heterocycles. The molecule has 1 saturated heterocycles. The van der Waals surface area contributed by atoms with E-state index in [4.69, 9.17) is 5.73 Å². The van der Waals surface area contributed by atoms with Crippen LogP contribution in [0.3, 0.4) is 0 Å². The molecule has 5 nitrogen and oxygen atoms in total. The van der Waals surface area contributed by atoms with Crippen molar-refractivity contribution in [1.82, 2.24) is 15.2 Å². The summed E-state index contributed by atoms with van der Waals surface area (Å²) in [6.45, 7) is 7.76. The van der Waals surface area contributed by atoms with Crippen molar-refractivity contribution in [3.05, 3.63) is 11.4 Å². The summed E-state index contributed by atoms with van der Waals surface area (Å²) >= 11 is 0. The highest BCUT2D eigenvalue weighted by atomic mass is 15.3. The van der Waals surface area contributed by atoms with Crippen LogP contribution in [0.1, 0.15) is 18.3 Å². The fourth-order valence-corrected chi connectivity index (χ4v) is 1.73. The van der Waals surface area contributed by atoms with E-state index >= 15 is 0 Å². The van der Waals surface area contributed by atoms with Crippen LogP contribution in [0, 0.1) is 19.8 Å². The Morgan fingerprint density at radius 3 is 2.47 bits per heavy atom. The molecule has 0 bridgehead atoms. The minimum absolute atomic E-state index is 0.218. The van der Waals surface area contributed by atoms with E-state index in [9.17, 15) is 0 Å². The fourth-order valence-electron chi connectivity index (χ4n) is 1.73. The molecule has 2 rings (SSSR count). The Bertz CT molecular complexity index is 355. The molecule has 2 atom stereocenters. The Labute approximate surface area is 89.7 Å². The Balaban J connectivity index is 2.20. The topological polar surface area (TPSA) is 67.9 Å². The van der Waals surface area contributed by atoms with Crippen molar-refractivity contribution >= 4 is 5.95 Å². The minimum Gasteiger partial charge on any atom is -0.338 e. The lowest BCUT2D eigenvalue weighted by atomic mass is 10.1. The molecule has 0 aliphatic carbocycles. The van der Waals surface area contributed by atoms with Crippen molar-refractivity contribution < 1.29 is 0 Å². The summed E-state index contributed by atoms with van der Waals surface area (Å²) in [5, 5.41) is 8.18. The maximum Gasteiger partial charge on any atom is 0.245 e. The van der Waals surface area contributed by atoms with E-state index in [2.05, 4.69) is 27.0 Å². The number of nitrogens with zero attached hydrogens (tertiary/aromatic N) is 4. The number of hydrogen-bond acceptors (Lipinski definition) is 5. The van der Waals surface area contributed by atoms with Crippen LogP contribution in [0.15, 0.2) is 0 Å². The molecule has 1 aromatic rings. The lowest BCUT2D eigenvalue weighted by molar-refractivity contribution is 0.565. The lowest BCUT2D eigenvalue weighted by Gasteiger charge is -2.15. The summed E-state index contributed by atoms with van der Waals surface area (Å²) in [7, 11) is 0. The minimum atomic E-state index is 0.218. The van der Waals surface area contributed by atoms with Crippen molar-refractivity contribution in [3.63, 3.8) is 0 Å². The van der Waals surface area contributed by atoms with Crippen LogP contribution in [-0.4, -0.2) is 34.3 Å². The molecular weight excluding hydrogens is 190 g/mol. The second-order valence-electron chi connectivity index (χ2n) is 4.33. The molecule has 0 spiro atoms. The van der Waals surface area contributed by atoms with Gasteiger partial charge in [0.15, 0.2) is 0 Å². The summed E-state index contributed by atoms with van der Waals surface area (Å²) in [5.41, 5.74) is 7.78. The maximum absolute atomic E-state index is 5.96. The standard InChI is InChI=1S/C10H17N5/c1-6-4-15(5-9(6)11)10-12-7(2)8(3)13-14-10/h6,9H,4-5,11H2,1-3H3. The molecular formula is C10H17N5. The highest BCUT2D eigenvalue weighted by Gasteiger charge is 2.28. The van der Waals surface area contributed by atoms with E-state index in [1.54, 1.807) is 0 Å². The number of aryl methyl sites for hydroxylation is 2. The normalized spacial score (nSPS) is 26.0. The Hall–Kier alpha value is -1.23. The summed E-state index contributed by atoms with van der Waals surface area (Å²) in [4.78, 5) is 6.53. The molecule has 1 aliphatic rings. The van der Waals surface area contributed by atoms with Gasteiger partial charge in [0.2, 0.25) is 5.95 Å². The SMILES string of the molecule is Cc1nnc(N2CC(C)C(N)C2)nc1C. The predicted molar refractivity (Wildman–Crippen MR) is 58.7 cm³/mol. The first-order valence-electron chi connectivity index (χ1n) is 5.26. The van der Waals surface area contributed by atoms with E-state index < -0.39 is 0 Å². The molecule has 1 fully saturated rings. The van der Waals surface area contributed by atoms with Gasteiger partial charge in [0.05, 0.1) is 11.4 Å². The highest BCUT2D eigenvalue weighted by Crippen LogP contribution is 2.19. The first-order chi connectivity index (χ1) is 7.08. The number of anilines is 1. The third kappa shape index (κ3) is 1.92. The second-order valence-corrected chi connectivity index (χ2v) is 4.33. The zero-order valence-electron chi connectivity index (χ0n) is 9.44. The predicted octanol–water partition coefficient (Wildman–Crippen LogP) is 0.272. The third-order valence-corrected chi connectivity index (χ3v) is 3.03. The van der Waals surface area contributed by atoms with Crippen LogP contribution >= 0.6 is 0 Å². The van der Waals surface area contributed by atoms with Crippen molar-refractivity contribution in [3.8, 4) is 0 Å². The van der Waals surface area contributed by atoms with Gasteiger partial charge in [0.1, 0.15) is 0 Å². The first-order valence-corrected chi connectivity index (χ1v) is 5.26. The summed E-state index contributed by atoms with van der Waals surface area (Å²) in [6.07, 6.45) is 0. The molecule has 5 heteroatoms. The van der Waals surface area contributed by atoms with E-state index in [0.717, 1.165) is 24.5 Å². The van der Waals surface area contributed by atoms with E-state index in [1.807, 2.05) is 13.8 Å². The average Bonchev–Trinajstić information content (AvgIpc) is 2.52. The van der Waals surface area contributed by atoms with Crippen molar-refractivity contribution in [2.45, 2.75) is 26.8 Å². The number of hydrogen-bond donors (Lipinski definition) is 1. The fraction of sp³-hybridized carbons (Fsp3) is 0.700. The van der Waals surface area contributed by atoms with Gasteiger partial charge in [-0.2, -0.15) is 5.10 Å². The zero-order valence-corrected chi connectivity index (χ0v) is 9.44. The Morgan fingerprint density at radius 2 is 1.93 bits per heavy atom. The molecule has 0 radical (unpaired) electrons. The van der Waals surface area contributed by atoms with Crippen LogP contribution in [0.5, 0.6) is 0 Å². The largest absolute Gasteiger partial charge is 0.338 e. The molecule has 2 unspecified atom stereocenters. The van der Waals surface area contributed by atoms with Crippen LogP contribution in [-0.2, 0) is 0 Å². The van der Waals surface area contributed by atoms with Gasteiger partial charge in [-0.3, -0.25) is 0 Å². The van der Waals surface area contributed by atoms with Gasteiger partial charge in [-0.05, 0) is 19.8 Å². The number of aromatic nitrogens is 3. The van der Waals surface area contributed by atoms with Crippen molar-refractivity contribution in [2.75, 3.05) is 18.0 Å². The first kappa shape index (κ1) is 10.3. The monoisotopic (exact) mass is 207 g/mol. The zero-order chi connectivity index (χ0) is 11.0. The summed E-state index contributed by atoms with van der Waals surface area (Å²) in [5.74, 6) is 1.20. The van der Waals surface area contributed by atoms with Gasteiger partial charge in [0.25, 0.3) is 0 Å². The number of rotatable bonds is 1. The molecule has 0 amide bonds.